The topological polar surface area (TPSA) is 82.8 Å². The number of aliphatic hydroxyl groups excluding tert-OH is 1. The van der Waals surface area contributed by atoms with Gasteiger partial charge in [-0.25, -0.2) is 0 Å². The Balaban J connectivity index is 1.53. The van der Waals surface area contributed by atoms with Gasteiger partial charge in [0.1, 0.15) is 5.54 Å². The van der Waals surface area contributed by atoms with Crippen LogP contribution in [-0.4, -0.2) is 33.8 Å². The Bertz CT molecular complexity index is 1650. The van der Waals surface area contributed by atoms with Crippen LogP contribution in [0.5, 0.6) is 5.88 Å². The number of hydrogen-bond acceptors (Lipinski definition) is 5. The number of carbonyl (C=O) groups excluding carboxylic acids is 1. The molecule has 0 atom stereocenters. The molecule has 2 heterocycles. The zero-order valence-corrected chi connectivity index (χ0v) is 24.0. The fourth-order valence-corrected chi connectivity index (χ4v) is 7.16. The van der Waals surface area contributed by atoms with E-state index in [1.807, 2.05) is 109 Å². The van der Waals surface area contributed by atoms with Crippen molar-refractivity contribution < 1.29 is 15.0 Å². The number of benzene rings is 4. The van der Waals surface area contributed by atoms with E-state index in [4.69, 9.17) is 0 Å². The molecule has 1 aliphatic heterocycles. The molecule has 0 fully saturated rings. The average Bonchev–Trinajstić information content (AvgIpc) is 3.31. The number of rotatable bonds is 9. The zero-order chi connectivity index (χ0) is 29.1. The SMILES string of the molecule is O=C1CCc2c(Cc3sc(=O)n(C(c4ccccc4)(c4ccccc4)c4ccccc4)c3O)cccc2N1CCCO. The zero-order valence-electron chi connectivity index (χ0n) is 23.1. The van der Waals surface area contributed by atoms with Gasteiger partial charge in [-0.1, -0.05) is 114 Å². The second-order valence-electron chi connectivity index (χ2n) is 10.5. The summed E-state index contributed by atoms with van der Waals surface area (Å²) in [5.41, 5.74) is 4.33. The van der Waals surface area contributed by atoms with Gasteiger partial charge in [0.2, 0.25) is 11.8 Å². The molecule has 212 valence electrons. The largest absolute Gasteiger partial charge is 0.494 e. The van der Waals surface area contributed by atoms with Gasteiger partial charge < -0.3 is 15.1 Å². The van der Waals surface area contributed by atoms with Crippen molar-refractivity contribution in [1.82, 2.24) is 4.57 Å². The smallest absolute Gasteiger partial charge is 0.311 e. The van der Waals surface area contributed by atoms with Gasteiger partial charge in [-0.15, -0.1) is 0 Å². The number of aliphatic hydroxyl groups is 1. The van der Waals surface area contributed by atoms with Gasteiger partial charge in [0.25, 0.3) is 0 Å². The van der Waals surface area contributed by atoms with E-state index in [0.717, 1.165) is 44.8 Å². The molecule has 0 bridgehead atoms. The summed E-state index contributed by atoms with van der Waals surface area (Å²) in [6, 6.07) is 35.4. The quantitative estimate of drug-likeness (QED) is 0.220. The predicted molar refractivity (Wildman–Crippen MR) is 166 cm³/mol. The summed E-state index contributed by atoms with van der Waals surface area (Å²) in [4.78, 5) is 28.8. The molecular formula is C35H32N2O4S. The number of carbonyl (C=O) groups is 1. The summed E-state index contributed by atoms with van der Waals surface area (Å²) in [5, 5.41) is 21.3. The number of aromatic hydroxyl groups is 1. The molecular weight excluding hydrogens is 544 g/mol. The van der Waals surface area contributed by atoms with Crippen LogP contribution in [-0.2, 0) is 23.2 Å². The summed E-state index contributed by atoms with van der Waals surface area (Å²) >= 11 is 1.06. The minimum absolute atomic E-state index is 0.0140. The molecule has 5 aromatic rings. The van der Waals surface area contributed by atoms with Gasteiger partial charge in [0, 0.05) is 31.7 Å². The first-order valence-electron chi connectivity index (χ1n) is 14.2. The molecule has 0 saturated carbocycles. The molecule has 1 aromatic heterocycles. The average molecular weight is 577 g/mol. The van der Waals surface area contributed by atoms with E-state index < -0.39 is 5.54 Å². The molecule has 0 radical (unpaired) electrons. The van der Waals surface area contributed by atoms with Crippen molar-refractivity contribution in [3.05, 3.63) is 152 Å². The molecule has 1 aliphatic rings. The third-order valence-electron chi connectivity index (χ3n) is 8.08. The van der Waals surface area contributed by atoms with Crippen molar-refractivity contribution >= 4 is 22.9 Å². The van der Waals surface area contributed by atoms with Crippen LogP contribution in [0.2, 0.25) is 0 Å². The van der Waals surface area contributed by atoms with Gasteiger partial charge in [-0.2, -0.15) is 0 Å². The summed E-state index contributed by atoms with van der Waals surface area (Å²) in [6.45, 7) is 0.467. The number of nitrogens with zero attached hydrogens (tertiary/aromatic N) is 2. The van der Waals surface area contributed by atoms with E-state index in [1.54, 1.807) is 9.47 Å². The Morgan fingerprint density at radius 1 is 0.738 bits per heavy atom. The second-order valence-corrected chi connectivity index (χ2v) is 11.5. The summed E-state index contributed by atoms with van der Waals surface area (Å²) in [6.07, 6.45) is 1.84. The molecule has 6 rings (SSSR count). The minimum Gasteiger partial charge on any atom is -0.494 e. The van der Waals surface area contributed by atoms with E-state index in [9.17, 15) is 19.8 Å². The Labute approximate surface area is 248 Å². The molecule has 0 saturated heterocycles. The lowest BCUT2D eigenvalue weighted by Crippen LogP contribution is -2.42. The number of amides is 1. The van der Waals surface area contributed by atoms with Crippen molar-refractivity contribution in [2.75, 3.05) is 18.1 Å². The number of thiazole rings is 1. The highest BCUT2D eigenvalue weighted by Gasteiger charge is 2.42. The van der Waals surface area contributed by atoms with Crippen LogP contribution in [0, 0.1) is 0 Å². The Kier molecular flexibility index (Phi) is 7.78. The van der Waals surface area contributed by atoms with Gasteiger partial charge in [0.05, 0.1) is 4.88 Å². The highest BCUT2D eigenvalue weighted by molar-refractivity contribution is 7.09. The second kappa shape index (κ2) is 11.8. The Hall–Kier alpha value is -4.46. The van der Waals surface area contributed by atoms with Crippen LogP contribution in [0.3, 0.4) is 0 Å². The molecule has 1 amide bonds. The maximum atomic E-state index is 14.1. The highest BCUT2D eigenvalue weighted by atomic mass is 32.1. The Morgan fingerprint density at radius 2 is 1.31 bits per heavy atom. The van der Waals surface area contributed by atoms with E-state index >= 15 is 0 Å². The van der Waals surface area contributed by atoms with Gasteiger partial charge in [-0.3, -0.25) is 14.2 Å². The van der Waals surface area contributed by atoms with E-state index in [2.05, 4.69) is 0 Å². The number of fused-ring (bicyclic) bond motifs is 1. The molecule has 2 N–H and O–H groups in total. The summed E-state index contributed by atoms with van der Waals surface area (Å²) in [5.74, 6) is -0.0201. The monoisotopic (exact) mass is 576 g/mol. The molecule has 0 aliphatic carbocycles. The molecule has 0 unspecified atom stereocenters. The number of anilines is 1. The predicted octanol–water partition coefficient (Wildman–Crippen LogP) is 5.71. The van der Waals surface area contributed by atoms with E-state index in [0.29, 0.717) is 37.1 Å². The van der Waals surface area contributed by atoms with Crippen LogP contribution in [0.15, 0.2) is 114 Å². The summed E-state index contributed by atoms with van der Waals surface area (Å²) in [7, 11) is 0. The fourth-order valence-electron chi connectivity index (χ4n) is 6.22. The molecule has 6 nitrogen and oxygen atoms in total. The van der Waals surface area contributed by atoms with Gasteiger partial charge in [-0.05, 0) is 46.7 Å². The van der Waals surface area contributed by atoms with Gasteiger partial charge in [0.15, 0.2) is 0 Å². The minimum atomic E-state index is -1.11. The van der Waals surface area contributed by atoms with Gasteiger partial charge >= 0.3 is 4.87 Å². The Morgan fingerprint density at radius 3 is 1.86 bits per heavy atom. The van der Waals surface area contributed by atoms with Crippen LogP contribution < -0.4 is 9.77 Å². The van der Waals surface area contributed by atoms with Crippen molar-refractivity contribution in [1.29, 1.82) is 0 Å². The molecule has 0 spiro atoms. The first-order valence-corrected chi connectivity index (χ1v) is 15.0. The van der Waals surface area contributed by atoms with Crippen LogP contribution in [0.1, 0.15) is 45.5 Å². The third kappa shape index (κ3) is 4.74. The van der Waals surface area contributed by atoms with Crippen molar-refractivity contribution in [3.8, 4) is 5.88 Å². The van der Waals surface area contributed by atoms with Crippen molar-refractivity contribution in [3.63, 3.8) is 0 Å². The lowest BCUT2D eigenvalue weighted by atomic mass is 9.76. The first-order chi connectivity index (χ1) is 20.6. The molecule has 42 heavy (non-hydrogen) atoms. The van der Waals surface area contributed by atoms with Crippen LogP contribution >= 0.6 is 11.3 Å². The maximum Gasteiger partial charge on any atom is 0.311 e. The summed E-state index contributed by atoms with van der Waals surface area (Å²) < 4.78 is 1.54. The number of hydrogen-bond donors (Lipinski definition) is 2. The highest BCUT2D eigenvalue weighted by Crippen LogP contribution is 2.44. The third-order valence-corrected chi connectivity index (χ3v) is 9.01. The van der Waals surface area contributed by atoms with E-state index in [1.165, 1.54) is 0 Å². The van der Waals surface area contributed by atoms with Crippen LogP contribution in [0.4, 0.5) is 5.69 Å². The molecule has 7 heteroatoms. The maximum absolute atomic E-state index is 14.1. The number of aromatic nitrogens is 1. The lowest BCUT2D eigenvalue weighted by molar-refractivity contribution is -0.118. The van der Waals surface area contributed by atoms with Crippen LogP contribution in [0.25, 0.3) is 0 Å². The standard InChI is InChI=1S/C35H32N2O4S/c38-23-11-22-36-30-19-10-12-25(29(30)20-21-32(36)39)24-31-33(40)37(34(41)42-31)35(26-13-4-1-5-14-26,27-15-6-2-7-16-27)28-17-8-3-9-18-28/h1-10,12-19,38,40H,11,20-24H2. The molecule has 4 aromatic carbocycles. The fraction of sp³-hybridized carbons (Fsp3) is 0.200. The first kappa shape index (κ1) is 27.7. The van der Waals surface area contributed by atoms with Crippen molar-refractivity contribution in [2.45, 2.75) is 31.2 Å². The normalized spacial score (nSPS) is 13.3. The lowest BCUT2D eigenvalue weighted by Gasteiger charge is -2.37. The van der Waals surface area contributed by atoms with Crippen molar-refractivity contribution in [2.24, 2.45) is 0 Å². The van der Waals surface area contributed by atoms with E-state index in [-0.39, 0.29) is 23.3 Å².